The van der Waals surface area contributed by atoms with E-state index in [1.807, 2.05) is 0 Å². The third-order valence-electron chi connectivity index (χ3n) is 1.24. The van der Waals surface area contributed by atoms with E-state index in [1.54, 1.807) is 0 Å². The Morgan fingerprint density at radius 2 is 2.00 bits per heavy atom. The summed E-state index contributed by atoms with van der Waals surface area (Å²) in [6.45, 7) is 4.53. The number of ketones is 1. The molecule has 0 bridgehead atoms. The van der Waals surface area contributed by atoms with E-state index in [-0.39, 0.29) is 0 Å². The normalized spacial score (nSPS) is 14.2. The molecule has 10 heavy (non-hydrogen) atoms. The van der Waals surface area contributed by atoms with Gasteiger partial charge in [0.2, 0.25) is 0 Å². The van der Waals surface area contributed by atoms with Gasteiger partial charge in [0.15, 0.2) is 15.6 Å². The van der Waals surface area contributed by atoms with Crippen molar-refractivity contribution in [1.29, 1.82) is 0 Å². The Morgan fingerprint density at radius 3 is 2.10 bits per heavy atom. The van der Waals surface area contributed by atoms with E-state index in [4.69, 9.17) is 0 Å². The molecule has 0 aromatic rings. The maximum absolute atomic E-state index is 10.7. The van der Waals surface area contributed by atoms with Gasteiger partial charge in [0, 0.05) is 6.26 Å². The second kappa shape index (κ2) is 2.96. The maximum Gasteiger partial charge on any atom is 0.172 e. The molecule has 3 nitrogen and oxygen atoms in total. The number of carbonyl (C=O) groups excluding carboxylic acids is 1. The molecule has 4 heteroatoms. The summed E-state index contributed by atoms with van der Waals surface area (Å²) in [6, 6.07) is 0. The summed E-state index contributed by atoms with van der Waals surface area (Å²) in [7, 11) is -3.23. The first-order chi connectivity index (χ1) is 4.39. The molecule has 0 radical (unpaired) electrons. The van der Waals surface area contributed by atoms with Crippen molar-refractivity contribution in [3.63, 3.8) is 0 Å². The van der Waals surface area contributed by atoms with Gasteiger partial charge in [0.1, 0.15) is 5.25 Å². The van der Waals surface area contributed by atoms with Gasteiger partial charge in [-0.05, 0) is 13.0 Å². The number of hydrogen-bond donors (Lipinski definition) is 0. The highest BCUT2D eigenvalue weighted by Crippen LogP contribution is 1.98. The predicted octanol–water partition coefficient (Wildman–Crippen LogP) is 0.175. The minimum absolute atomic E-state index is 0.456. The first-order valence-corrected chi connectivity index (χ1v) is 4.70. The molecule has 0 saturated heterocycles. The third-order valence-corrected chi connectivity index (χ3v) is 2.76. The van der Waals surface area contributed by atoms with Crippen LogP contribution in [0.2, 0.25) is 0 Å². The van der Waals surface area contributed by atoms with E-state index >= 15 is 0 Å². The Kier molecular flexibility index (Phi) is 2.77. The number of allylic oxidation sites excluding steroid dienone is 1. The van der Waals surface area contributed by atoms with Crippen LogP contribution in [0.4, 0.5) is 0 Å². The van der Waals surface area contributed by atoms with Crippen molar-refractivity contribution in [2.75, 3.05) is 6.26 Å². The van der Waals surface area contributed by atoms with Crippen molar-refractivity contribution < 1.29 is 13.2 Å². The molecule has 0 rings (SSSR count). The molecule has 0 amide bonds. The number of carbonyl (C=O) groups is 1. The molecule has 0 fully saturated rings. The average molecular weight is 162 g/mol. The maximum atomic E-state index is 10.7. The molecule has 0 aromatic heterocycles. The monoisotopic (exact) mass is 162 g/mol. The van der Waals surface area contributed by atoms with Gasteiger partial charge < -0.3 is 0 Å². The second-order valence-electron chi connectivity index (χ2n) is 2.08. The van der Waals surface area contributed by atoms with Crippen molar-refractivity contribution in [3.05, 3.63) is 12.7 Å². The fraction of sp³-hybridized carbons (Fsp3) is 0.500. The standard InChI is InChI=1S/C6H10O3S/c1-4-6(7)5(2)10(3,8)9/h4-5H,1H2,2-3H3. The molecule has 0 spiro atoms. The van der Waals surface area contributed by atoms with Crippen molar-refractivity contribution in [2.24, 2.45) is 0 Å². The summed E-state index contributed by atoms with van der Waals surface area (Å²) < 4.78 is 21.3. The fourth-order valence-electron chi connectivity index (χ4n) is 0.377. The predicted molar refractivity (Wildman–Crippen MR) is 39.5 cm³/mol. The molecule has 0 saturated carbocycles. The molecule has 0 N–H and O–H groups in total. The third kappa shape index (κ3) is 2.31. The SMILES string of the molecule is C=CC(=O)C(C)S(C)(=O)=O. The lowest BCUT2D eigenvalue weighted by atomic mass is 10.3. The van der Waals surface area contributed by atoms with E-state index in [9.17, 15) is 13.2 Å². The van der Waals surface area contributed by atoms with Crippen LogP contribution in [0.15, 0.2) is 12.7 Å². The smallest absolute Gasteiger partial charge is 0.172 e. The zero-order chi connectivity index (χ0) is 8.36. The number of sulfone groups is 1. The Bertz CT molecular complexity index is 238. The summed E-state index contributed by atoms with van der Waals surface area (Å²) in [5, 5.41) is -0.954. The molecule has 0 aliphatic heterocycles. The van der Waals surface area contributed by atoms with Gasteiger partial charge in [0.05, 0.1) is 0 Å². The molecule has 0 aliphatic rings. The van der Waals surface area contributed by atoms with E-state index < -0.39 is 20.9 Å². The highest BCUT2D eigenvalue weighted by molar-refractivity contribution is 7.92. The average Bonchev–Trinajstić information content (AvgIpc) is 1.83. The van der Waals surface area contributed by atoms with E-state index in [0.29, 0.717) is 0 Å². The zero-order valence-electron chi connectivity index (χ0n) is 5.99. The summed E-state index contributed by atoms with van der Waals surface area (Å²) >= 11 is 0. The fourth-order valence-corrected chi connectivity index (χ4v) is 0.895. The Balaban J connectivity index is 4.54. The summed E-state index contributed by atoms with van der Waals surface area (Å²) in [6.07, 6.45) is 2.05. The van der Waals surface area contributed by atoms with Gasteiger partial charge in [-0.1, -0.05) is 6.58 Å². The van der Waals surface area contributed by atoms with Gasteiger partial charge in [-0.25, -0.2) is 8.42 Å². The van der Waals surface area contributed by atoms with E-state index in [2.05, 4.69) is 6.58 Å². The van der Waals surface area contributed by atoms with E-state index in [1.165, 1.54) is 6.92 Å². The van der Waals surface area contributed by atoms with Crippen molar-refractivity contribution in [1.82, 2.24) is 0 Å². The van der Waals surface area contributed by atoms with Gasteiger partial charge in [0.25, 0.3) is 0 Å². The van der Waals surface area contributed by atoms with Crippen LogP contribution in [0.1, 0.15) is 6.92 Å². The van der Waals surface area contributed by atoms with Crippen LogP contribution in [-0.2, 0) is 14.6 Å². The summed E-state index contributed by atoms with van der Waals surface area (Å²) in [5.41, 5.74) is 0. The van der Waals surface area contributed by atoms with Gasteiger partial charge in [-0.15, -0.1) is 0 Å². The Labute approximate surface area is 60.7 Å². The zero-order valence-corrected chi connectivity index (χ0v) is 6.81. The minimum atomic E-state index is -3.23. The molecule has 0 heterocycles. The quantitative estimate of drug-likeness (QED) is 0.556. The van der Waals surface area contributed by atoms with Crippen molar-refractivity contribution in [3.8, 4) is 0 Å². The molecule has 1 atom stereocenters. The first-order valence-electron chi connectivity index (χ1n) is 2.74. The van der Waals surface area contributed by atoms with Gasteiger partial charge in [-0.3, -0.25) is 4.79 Å². The van der Waals surface area contributed by atoms with E-state index in [0.717, 1.165) is 12.3 Å². The Morgan fingerprint density at radius 1 is 1.60 bits per heavy atom. The van der Waals surface area contributed by atoms with Gasteiger partial charge in [-0.2, -0.15) is 0 Å². The van der Waals surface area contributed by atoms with Crippen LogP contribution in [0.3, 0.4) is 0 Å². The number of rotatable bonds is 3. The highest BCUT2D eigenvalue weighted by atomic mass is 32.2. The number of hydrogen-bond acceptors (Lipinski definition) is 3. The second-order valence-corrected chi connectivity index (χ2v) is 4.44. The van der Waals surface area contributed by atoms with Crippen LogP contribution >= 0.6 is 0 Å². The van der Waals surface area contributed by atoms with Crippen LogP contribution in [-0.4, -0.2) is 25.7 Å². The molecule has 58 valence electrons. The molecule has 0 aromatic carbocycles. The lowest BCUT2D eigenvalue weighted by molar-refractivity contribution is -0.113. The summed E-state index contributed by atoms with van der Waals surface area (Å²) in [4.78, 5) is 10.7. The minimum Gasteiger partial charge on any atom is -0.293 e. The van der Waals surface area contributed by atoms with Crippen LogP contribution < -0.4 is 0 Å². The van der Waals surface area contributed by atoms with Crippen molar-refractivity contribution >= 4 is 15.6 Å². The lowest BCUT2D eigenvalue weighted by Crippen LogP contribution is -2.24. The Hall–Kier alpha value is -0.640. The topological polar surface area (TPSA) is 51.2 Å². The molecule has 1 unspecified atom stereocenters. The first kappa shape index (κ1) is 9.36. The van der Waals surface area contributed by atoms with Gasteiger partial charge >= 0.3 is 0 Å². The van der Waals surface area contributed by atoms with Crippen LogP contribution in [0.25, 0.3) is 0 Å². The molecule has 0 aliphatic carbocycles. The van der Waals surface area contributed by atoms with Crippen LogP contribution in [0, 0.1) is 0 Å². The largest absolute Gasteiger partial charge is 0.293 e. The van der Waals surface area contributed by atoms with Crippen LogP contribution in [0.5, 0.6) is 0 Å². The van der Waals surface area contributed by atoms with Crippen molar-refractivity contribution in [2.45, 2.75) is 12.2 Å². The molecular formula is C6H10O3S. The molecular weight excluding hydrogens is 152 g/mol. The lowest BCUT2D eigenvalue weighted by Gasteiger charge is -2.02. The summed E-state index contributed by atoms with van der Waals surface area (Å²) in [5.74, 6) is -0.456. The highest BCUT2D eigenvalue weighted by Gasteiger charge is 2.20.